The van der Waals surface area contributed by atoms with Crippen LogP contribution in [0, 0.1) is 23.1 Å². The SMILES string of the molecule is N#Cc1cc([C@@H]2OC(=O)C[C@H]2C(=O)NCCc2ccc(Cl)cc2)ccc1F. The van der Waals surface area contributed by atoms with Crippen molar-refractivity contribution in [3.63, 3.8) is 0 Å². The molecule has 1 N–H and O–H groups in total. The second-order valence-electron chi connectivity index (χ2n) is 6.24. The normalized spacial score (nSPS) is 18.6. The molecule has 2 atom stereocenters. The van der Waals surface area contributed by atoms with Gasteiger partial charge in [0.1, 0.15) is 18.0 Å². The maximum atomic E-state index is 13.5. The number of amides is 1. The third-order valence-electron chi connectivity index (χ3n) is 4.41. The fraction of sp³-hybridized carbons (Fsp3) is 0.250. The van der Waals surface area contributed by atoms with Gasteiger partial charge in [-0.05, 0) is 41.8 Å². The van der Waals surface area contributed by atoms with Crippen molar-refractivity contribution in [2.45, 2.75) is 18.9 Å². The van der Waals surface area contributed by atoms with E-state index < -0.39 is 23.8 Å². The van der Waals surface area contributed by atoms with Crippen molar-refractivity contribution in [3.8, 4) is 6.07 Å². The zero-order valence-electron chi connectivity index (χ0n) is 14.2. The minimum atomic E-state index is -0.833. The fourth-order valence-corrected chi connectivity index (χ4v) is 3.13. The van der Waals surface area contributed by atoms with Crippen LogP contribution >= 0.6 is 11.6 Å². The van der Waals surface area contributed by atoms with E-state index in [0.717, 1.165) is 11.6 Å². The van der Waals surface area contributed by atoms with Gasteiger partial charge in [-0.15, -0.1) is 0 Å². The molecule has 2 aromatic carbocycles. The van der Waals surface area contributed by atoms with Crippen LogP contribution in [0.3, 0.4) is 0 Å². The summed E-state index contributed by atoms with van der Waals surface area (Å²) in [6.45, 7) is 0.394. The van der Waals surface area contributed by atoms with Crippen LogP contribution in [0.15, 0.2) is 42.5 Å². The highest BCUT2D eigenvalue weighted by atomic mass is 35.5. The zero-order valence-corrected chi connectivity index (χ0v) is 15.0. The van der Waals surface area contributed by atoms with Crippen LogP contribution in [-0.2, 0) is 20.7 Å². The first-order valence-corrected chi connectivity index (χ1v) is 8.77. The van der Waals surface area contributed by atoms with Gasteiger partial charge < -0.3 is 10.1 Å². The Balaban J connectivity index is 1.66. The minimum absolute atomic E-state index is 0.0588. The summed E-state index contributed by atoms with van der Waals surface area (Å²) in [5.74, 6) is -2.20. The molecule has 2 aromatic rings. The number of nitrogens with one attached hydrogen (secondary N) is 1. The molecule has 0 bridgehead atoms. The Morgan fingerprint density at radius 2 is 2.04 bits per heavy atom. The van der Waals surface area contributed by atoms with Crippen LogP contribution in [-0.4, -0.2) is 18.4 Å². The number of benzene rings is 2. The standard InChI is InChI=1S/C20H16ClFN2O3/c21-15-4-1-12(2-5-15)7-8-24-20(26)16-10-18(25)27-19(16)13-3-6-17(22)14(9-13)11-23/h1-6,9,16,19H,7-8,10H2,(H,24,26)/t16-,19+/m1/s1. The predicted octanol–water partition coefficient (Wildman–Crippen LogP) is 3.31. The van der Waals surface area contributed by atoms with Crippen molar-refractivity contribution in [3.05, 3.63) is 70.0 Å². The molecule has 1 saturated heterocycles. The Morgan fingerprint density at radius 1 is 1.30 bits per heavy atom. The van der Waals surface area contributed by atoms with E-state index in [0.29, 0.717) is 23.6 Å². The van der Waals surface area contributed by atoms with Gasteiger partial charge in [-0.25, -0.2) is 4.39 Å². The van der Waals surface area contributed by atoms with Crippen LogP contribution < -0.4 is 5.32 Å². The summed E-state index contributed by atoms with van der Waals surface area (Å²) >= 11 is 5.84. The van der Waals surface area contributed by atoms with Gasteiger partial charge in [-0.3, -0.25) is 9.59 Å². The maximum Gasteiger partial charge on any atom is 0.307 e. The molecule has 27 heavy (non-hydrogen) atoms. The topological polar surface area (TPSA) is 79.2 Å². The van der Waals surface area contributed by atoms with Crippen molar-refractivity contribution in [2.75, 3.05) is 6.54 Å². The largest absolute Gasteiger partial charge is 0.457 e. The van der Waals surface area contributed by atoms with Crippen LogP contribution in [0.2, 0.25) is 5.02 Å². The van der Waals surface area contributed by atoms with Crippen molar-refractivity contribution < 1.29 is 18.7 Å². The van der Waals surface area contributed by atoms with Gasteiger partial charge in [-0.2, -0.15) is 5.26 Å². The summed E-state index contributed by atoms with van der Waals surface area (Å²) in [6.07, 6.45) is -0.276. The Kier molecular flexibility index (Phi) is 5.72. The molecule has 7 heteroatoms. The average molecular weight is 387 g/mol. The van der Waals surface area contributed by atoms with Crippen molar-refractivity contribution in [1.82, 2.24) is 5.32 Å². The van der Waals surface area contributed by atoms with Gasteiger partial charge in [0.25, 0.3) is 0 Å². The molecule has 0 aromatic heterocycles. The number of cyclic esters (lactones) is 1. The highest BCUT2D eigenvalue weighted by Gasteiger charge is 2.40. The fourth-order valence-electron chi connectivity index (χ4n) is 3.01. The molecular formula is C20H16ClFN2O3. The van der Waals surface area contributed by atoms with E-state index in [1.807, 2.05) is 12.1 Å². The van der Waals surface area contributed by atoms with Gasteiger partial charge in [0.2, 0.25) is 5.91 Å². The van der Waals surface area contributed by atoms with E-state index in [2.05, 4.69) is 5.32 Å². The molecule has 1 amide bonds. The molecule has 1 fully saturated rings. The summed E-state index contributed by atoms with van der Waals surface area (Å²) in [5, 5.41) is 12.4. The Labute approximate surface area is 160 Å². The number of esters is 1. The lowest BCUT2D eigenvalue weighted by atomic mass is 9.93. The quantitative estimate of drug-likeness (QED) is 0.799. The van der Waals surface area contributed by atoms with Crippen LogP contribution in [0.1, 0.15) is 29.2 Å². The molecule has 0 aliphatic carbocycles. The van der Waals surface area contributed by atoms with Gasteiger partial charge in [0.05, 0.1) is 17.9 Å². The first-order chi connectivity index (χ1) is 13.0. The monoisotopic (exact) mass is 386 g/mol. The van der Waals surface area contributed by atoms with Gasteiger partial charge in [0.15, 0.2) is 0 Å². The van der Waals surface area contributed by atoms with Crippen molar-refractivity contribution >= 4 is 23.5 Å². The minimum Gasteiger partial charge on any atom is -0.457 e. The lowest BCUT2D eigenvalue weighted by Crippen LogP contribution is -2.33. The molecule has 5 nitrogen and oxygen atoms in total. The zero-order chi connectivity index (χ0) is 19.4. The highest BCUT2D eigenvalue weighted by Crippen LogP contribution is 2.36. The highest BCUT2D eigenvalue weighted by molar-refractivity contribution is 6.30. The number of carbonyl (C=O) groups excluding carboxylic acids is 2. The third-order valence-corrected chi connectivity index (χ3v) is 4.66. The predicted molar refractivity (Wildman–Crippen MR) is 96.2 cm³/mol. The van der Waals surface area contributed by atoms with Gasteiger partial charge in [0, 0.05) is 11.6 Å². The number of hydrogen-bond acceptors (Lipinski definition) is 4. The number of carbonyl (C=O) groups is 2. The lowest BCUT2D eigenvalue weighted by molar-refractivity contribution is -0.141. The van der Waals surface area contributed by atoms with E-state index in [1.54, 1.807) is 18.2 Å². The first kappa shape index (κ1) is 18.9. The summed E-state index contributed by atoms with van der Waals surface area (Å²) in [4.78, 5) is 24.3. The van der Waals surface area contributed by atoms with E-state index in [-0.39, 0.29) is 17.9 Å². The number of hydrogen-bond donors (Lipinski definition) is 1. The molecule has 0 saturated carbocycles. The average Bonchev–Trinajstić information content (AvgIpc) is 3.05. The number of nitrogens with zero attached hydrogens (tertiary/aromatic N) is 1. The molecular weight excluding hydrogens is 371 g/mol. The Morgan fingerprint density at radius 3 is 2.74 bits per heavy atom. The molecule has 0 unspecified atom stereocenters. The van der Waals surface area contributed by atoms with Crippen LogP contribution in [0.5, 0.6) is 0 Å². The van der Waals surface area contributed by atoms with E-state index in [1.165, 1.54) is 12.1 Å². The summed E-state index contributed by atoms with van der Waals surface area (Å²) < 4.78 is 18.8. The summed E-state index contributed by atoms with van der Waals surface area (Å²) in [5.41, 5.74) is 1.29. The van der Waals surface area contributed by atoms with Gasteiger partial charge in [-0.1, -0.05) is 29.8 Å². The molecule has 0 radical (unpaired) electrons. The molecule has 1 heterocycles. The number of rotatable bonds is 5. The van der Waals surface area contributed by atoms with E-state index >= 15 is 0 Å². The second-order valence-corrected chi connectivity index (χ2v) is 6.68. The van der Waals surface area contributed by atoms with E-state index in [4.69, 9.17) is 21.6 Å². The van der Waals surface area contributed by atoms with Crippen molar-refractivity contribution in [2.24, 2.45) is 5.92 Å². The molecule has 138 valence electrons. The molecule has 3 rings (SSSR count). The molecule has 1 aliphatic rings. The number of ether oxygens (including phenoxy) is 1. The summed E-state index contributed by atoms with van der Waals surface area (Å²) in [7, 11) is 0. The lowest BCUT2D eigenvalue weighted by Gasteiger charge is -2.18. The number of halogens is 2. The number of nitriles is 1. The Hall–Kier alpha value is -2.91. The Bertz CT molecular complexity index is 908. The van der Waals surface area contributed by atoms with E-state index in [9.17, 15) is 14.0 Å². The smallest absolute Gasteiger partial charge is 0.307 e. The molecule has 1 aliphatic heterocycles. The van der Waals surface area contributed by atoms with Gasteiger partial charge >= 0.3 is 5.97 Å². The maximum absolute atomic E-state index is 13.5. The third kappa shape index (κ3) is 4.44. The first-order valence-electron chi connectivity index (χ1n) is 8.39. The summed E-state index contributed by atoms with van der Waals surface area (Å²) in [6, 6.07) is 12.9. The second kappa shape index (κ2) is 8.19. The van der Waals surface area contributed by atoms with Crippen LogP contribution in [0.4, 0.5) is 4.39 Å². The molecule has 0 spiro atoms. The van der Waals surface area contributed by atoms with Crippen LogP contribution in [0.25, 0.3) is 0 Å². The van der Waals surface area contributed by atoms with Crippen molar-refractivity contribution in [1.29, 1.82) is 5.26 Å².